The molecule has 1 aromatic heterocycles. The molecule has 19 heavy (non-hydrogen) atoms. The maximum atomic E-state index is 9.00. The number of hydrogen-bond donors (Lipinski definition) is 2. The Balaban J connectivity index is 2.00. The molecule has 108 valence electrons. The first-order chi connectivity index (χ1) is 9.26. The summed E-state index contributed by atoms with van der Waals surface area (Å²) in [6.45, 7) is 7.32. The molecule has 0 radical (unpaired) electrons. The molecular formula is C14H25N3OS. The summed E-state index contributed by atoms with van der Waals surface area (Å²) in [5.74, 6) is 0. The molecule has 1 aliphatic heterocycles. The van der Waals surface area contributed by atoms with Crippen LogP contribution in [0.5, 0.6) is 0 Å². The lowest BCUT2D eigenvalue weighted by Crippen LogP contribution is -2.51. The minimum atomic E-state index is 0.194. The third kappa shape index (κ3) is 3.77. The minimum absolute atomic E-state index is 0.194. The van der Waals surface area contributed by atoms with Crippen LogP contribution in [0.1, 0.15) is 24.9 Å². The van der Waals surface area contributed by atoms with Gasteiger partial charge in [-0.25, -0.2) is 0 Å². The molecule has 0 spiro atoms. The van der Waals surface area contributed by atoms with Crippen molar-refractivity contribution in [2.75, 3.05) is 39.3 Å². The fourth-order valence-corrected chi connectivity index (χ4v) is 3.49. The van der Waals surface area contributed by atoms with Crippen molar-refractivity contribution in [3.63, 3.8) is 0 Å². The highest BCUT2D eigenvalue weighted by Gasteiger charge is 2.28. The van der Waals surface area contributed by atoms with E-state index >= 15 is 0 Å². The van der Waals surface area contributed by atoms with Crippen LogP contribution < -0.4 is 5.73 Å². The lowest BCUT2D eigenvalue weighted by Gasteiger charge is -2.41. The fraction of sp³-hybridized carbons (Fsp3) is 0.714. The zero-order chi connectivity index (χ0) is 13.7. The molecule has 2 heterocycles. The highest BCUT2D eigenvalue weighted by atomic mass is 32.1. The van der Waals surface area contributed by atoms with Gasteiger partial charge in [0.25, 0.3) is 0 Å². The zero-order valence-corrected chi connectivity index (χ0v) is 12.5. The molecule has 2 unspecified atom stereocenters. The number of rotatable bonds is 6. The summed E-state index contributed by atoms with van der Waals surface area (Å²) in [7, 11) is 0. The van der Waals surface area contributed by atoms with Crippen molar-refractivity contribution >= 4 is 11.3 Å². The number of piperazine rings is 1. The Morgan fingerprint density at radius 2 is 2.11 bits per heavy atom. The van der Waals surface area contributed by atoms with Crippen LogP contribution in [0.25, 0.3) is 0 Å². The SMILES string of the molecule is CCC(N)C(c1ccsc1)N1CCN(CCO)CC1. The number of thiophene rings is 1. The minimum Gasteiger partial charge on any atom is -0.395 e. The third-order valence-corrected chi connectivity index (χ3v) is 4.68. The second kappa shape index (κ2) is 7.36. The topological polar surface area (TPSA) is 52.7 Å². The van der Waals surface area contributed by atoms with E-state index in [0.717, 1.165) is 39.1 Å². The van der Waals surface area contributed by atoms with Crippen LogP contribution in [-0.4, -0.2) is 60.3 Å². The second-order valence-corrected chi connectivity index (χ2v) is 5.95. The lowest BCUT2D eigenvalue weighted by atomic mass is 9.98. The molecule has 2 atom stereocenters. The van der Waals surface area contributed by atoms with Crippen molar-refractivity contribution in [2.24, 2.45) is 5.73 Å². The number of nitrogens with two attached hydrogens (primary N) is 1. The summed E-state index contributed by atoms with van der Waals surface area (Å²) in [5, 5.41) is 13.4. The Morgan fingerprint density at radius 1 is 1.37 bits per heavy atom. The Bertz CT molecular complexity index is 350. The van der Waals surface area contributed by atoms with Gasteiger partial charge >= 0.3 is 0 Å². The molecule has 0 amide bonds. The molecular weight excluding hydrogens is 258 g/mol. The van der Waals surface area contributed by atoms with E-state index in [0.29, 0.717) is 6.04 Å². The summed E-state index contributed by atoms with van der Waals surface area (Å²) >= 11 is 1.74. The van der Waals surface area contributed by atoms with Crippen LogP contribution in [-0.2, 0) is 0 Å². The van der Waals surface area contributed by atoms with E-state index in [2.05, 4.69) is 33.6 Å². The van der Waals surface area contributed by atoms with Gasteiger partial charge in [0.15, 0.2) is 0 Å². The van der Waals surface area contributed by atoms with Crippen molar-refractivity contribution in [1.82, 2.24) is 9.80 Å². The van der Waals surface area contributed by atoms with Gasteiger partial charge in [-0.15, -0.1) is 0 Å². The zero-order valence-electron chi connectivity index (χ0n) is 11.7. The average Bonchev–Trinajstić information content (AvgIpc) is 2.95. The molecule has 1 aromatic rings. The van der Waals surface area contributed by atoms with Gasteiger partial charge in [-0.3, -0.25) is 9.80 Å². The van der Waals surface area contributed by atoms with E-state index in [4.69, 9.17) is 10.8 Å². The summed E-state index contributed by atoms with van der Waals surface area (Å²) in [6.07, 6.45) is 0.997. The Morgan fingerprint density at radius 3 is 2.63 bits per heavy atom. The third-order valence-electron chi connectivity index (χ3n) is 3.98. The molecule has 3 N–H and O–H groups in total. The van der Waals surface area contributed by atoms with Crippen molar-refractivity contribution in [3.05, 3.63) is 22.4 Å². The first-order valence-corrected chi connectivity index (χ1v) is 8.05. The summed E-state index contributed by atoms with van der Waals surface area (Å²) in [5.41, 5.74) is 7.70. The van der Waals surface area contributed by atoms with Crippen LogP contribution in [0.4, 0.5) is 0 Å². The van der Waals surface area contributed by atoms with Gasteiger partial charge in [0.05, 0.1) is 12.6 Å². The predicted molar refractivity (Wildman–Crippen MR) is 80.4 cm³/mol. The van der Waals surface area contributed by atoms with Gasteiger partial charge in [-0.05, 0) is 28.8 Å². The monoisotopic (exact) mass is 283 g/mol. The largest absolute Gasteiger partial charge is 0.395 e. The second-order valence-electron chi connectivity index (χ2n) is 5.17. The number of β-amino-alcohol motifs (C(OH)–C–C–N with tert-alkyl or cyclic N) is 1. The van der Waals surface area contributed by atoms with E-state index in [-0.39, 0.29) is 12.6 Å². The maximum absolute atomic E-state index is 9.00. The molecule has 2 rings (SSSR count). The van der Waals surface area contributed by atoms with Crippen molar-refractivity contribution in [3.8, 4) is 0 Å². The number of aliphatic hydroxyl groups is 1. The summed E-state index contributed by atoms with van der Waals surface area (Å²) < 4.78 is 0. The van der Waals surface area contributed by atoms with Crippen LogP contribution >= 0.6 is 11.3 Å². The van der Waals surface area contributed by atoms with Gasteiger partial charge < -0.3 is 10.8 Å². The Hall–Kier alpha value is -0.460. The van der Waals surface area contributed by atoms with Gasteiger partial charge in [-0.1, -0.05) is 6.92 Å². The van der Waals surface area contributed by atoms with Crippen LogP contribution in [0.3, 0.4) is 0 Å². The molecule has 0 aliphatic carbocycles. The van der Waals surface area contributed by atoms with E-state index < -0.39 is 0 Å². The molecule has 4 nitrogen and oxygen atoms in total. The quantitative estimate of drug-likeness (QED) is 0.822. The van der Waals surface area contributed by atoms with Gasteiger partial charge in [0.1, 0.15) is 0 Å². The van der Waals surface area contributed by atoms with Crippen LogP contribution in [0, 0.1) is 0 Å². The van der Waals surface area contributed by atoms with Crippen LogP contribution in [0.15, 0.2) is 16.8 Å². The average molecular weight is 283 g/mol. The molecule has 1 fully saturated rings. The van der Waals surface area contributed by atoms with Crippen LogP contribution in [0.2, 0.25) is 0 Å². The maximum Gasteiger partial charge on any atom is 0.0558 e. The fourth-order valence-electron chi connectivity index (χ4n) is 2.80. The first kappa shape index (κ1) is 14.9. The van der Waals surface area contributed by atoms with E-state index in [1.165, 1.54) is 5.56 Å². The molecule has 0 saturated carbocycles. The number of hydrogen-bond acceptors (Lipinski definition) is 5. The van der Waals surface area contributed by atoms with Gasteiger partial charge in [0, 0.05) is 38.8 Å². The Kier molecular flexibility index (Phi) is 5.78. The normalized spacial score (nSPS) is 21.4. The first-order valence-electron chi connectivity index (χ1n) is 7.11. The lowest BCUT2D eigenvalue weighted by molar-refractivity contribution is 0.0735. The standard InChI is InChI=1S/C14H25N3OS/c1-2-13(15)14(12-3-10-19-11-12)17-6-4-16(5-7-17)8-9-18/h3,10-11,13-14,18H,2,4-9,15H2,1H3. The molecule has 1 aliphatic rings. The number of aliphatic hydroxyl groups excluding tert-OH is 1. The van der Waals surface area contributed by atoms with E-state index in [1.54, 1.807) is 11.3 Å². The predicted octanol–water partition coefficient (Wildman–Crippen LogP) is 1.14. The Labute approximate surface area is 119 Å². The van der Waals surface area contributed by atoms with Gasteiger partial charge in [0.2, 0.25) is 0 Å². The van der Waals surface area contributed by atoms with Crippen molar-refractivity contribution < 1.29 is 5.11 Å². The smallest absolute Gasteiger partial charge is 0.0558 e. The molecule has 0 aromatic carbocycles. The van der Waals surface area contributed by atoms with E-state index in [1.807, 2.05) is 0 Å². The van der Waals surface area contributed by atoms with E-state index in [9.17, 15) is 0 Å². The highest BCUT2D eigenvalue weighted by Crippen LogP contribution is 2.27. The van der Waals surface area contributed by atoms with Gasteiger partial charge in [-0.2, -0.15) is 11.3 Å². The molecule has 5 heteroatoms. The summed E-state index contributed by atoms with van der Waals surface area (Å²) in [4.78, 5) is 4.82. The summed E-state index contributed by atoms with van der Waals surface area (Å²) in [6, 6.07) is 2.73. The molecule has 1 saturated heterocycles. The molecule has 0 bridgehead atoms. The van der Waals surface area contributed by atoms with Crippen molar-refractivity contribution in [2.45, 2.75) is 25.4 Å². The highest BCUT2D eigenvalue weighted by molar-refractivity contribution is 7.07. The number of nitrogens with zero attached hydrogens (tertiary/aromatic N) is 2. The van der Waals surface area contributed by atoms with Crippen molar-refractivity contribution in [1.29, 1.82) is 0 Å².